The van der Waals surface area contributed by atoms with Crippen LogP contribution < -0.4 is 19.5 Å². The van der Waals surface area contributed by atoms with Gasteiger partial charge in [0.2, 0.25) is 0 Å². The average Bonchev–Trinajstić information content (AvgIpc) is 3.15. The second-order valence-corrected chi connectivity index (χ2v) is 7.80. The summed E-state index contributed by atoms with van der Waals surface area (Å²) >= 11 is 0. The maximum atomic E-state index is 13.1. The van der Waals surface area contributed by atoms with Crippen LogP contribution in [-0.2, 0) is 19.9 Å². The molecule has 0 radical (unpaired) electrons. The molecule has 0 aliphatic heterocycles. The molecule has 0 spiro atoms. The Morgan fingerprint density at radius 2 is 1.48 bits per heavy atom. The average molecular weight is 445 g/mol. The number of aryl methyl sites for hydroxylation is 3. The second kappa shape index (κ2) is 9.69. The summed E-state index contributed by atoms with van der Waals surface area (Å²) in [6, 6.07) is 21.7. The van der Waals surface area contributed by atoms with Crippen molar-refractivity contribution in [2.45, 2.75) is 12.8 Å². The molecule has 0 atom stereocenters. The van der Waals surface area contributed by atoms with E-state index in [1.165, 1.54) is 11.1 Å². The minimum Gasteiger partial charge on any atom is -0.494 e. The highest BCUT2D eigenvalue weighted by atomic mass is 16.5. The van der Waals surface area contributed by atoms with E-state index in [9.17, 15) is 4.79 Å². The lowest BCUT2D eigenvalue weighted by molar-refractivity contribution is 0.101. The van der Waals surface area contributed by atoms with Crippen molar-refractivity contribution in [2.24, 2.45) is 7.05 Å². The first-order valence-corrected chi connectivity index (χ1v) is 10.8. The summed E-state index contributed by atoms with van der Waals surface area (Å²) in [5, 5.41) is 3.91. The first-order valence-electron chi connectivity index (χ1n) is 10.8. The van der Waals surface area contributed by atoms with Crippen LogP contribution in [0.1, 0.15) is 21.6 Å². The number of methoxy groups -OCH3 is 3. The van der Waals surface area contributed by atoms with Gasteiger partial charge in [-0.2, -0.15) is 0 Å². The third-order valence-electron chi connectivity index (χ3n) is 5.84. The molecule has 0 aliphatic carbocycles. The molecule has 3 aromatic carbocycles. The van der Waals surface area contributed by atoms with E-state index in [0.717, 1.165) is 40.9 Å². The number of carbonyl (C=O) groups is 1. The number of anilines is 1. The molecule has 0 saturated carbocycles. The number of benzene rings is 3. The minimum absolute atomic E-state index is 0.205. The number of hydrogen-bond acceptors (Lipinski definition) is 4. The van der Waals surface area contributed by atoms with Crippen molar-refractivity contribution >= 4 is 22.5 Å². The minimum atomic E-state index is -0.205. The van der Waals surface area contributed by atoms with Crippen LogP contribution in [0.4, 0.5) is 5.69 Å². The van der Waals surface area contributed by atoms with Gasteiger partial charge in [0.15, 0.2) is 22.9 Å². The number of hydrogen-bond donors (Lipinski definition) is 1. The molecule has 4 aromatic rings. The van der Waals surface area contributed by atoms with Gasteiger partial charge in [-0.3, -0.25) is 4.79 Å². The van der Waals surface area contributed by atoms with Gasteiger partial charge in [-0.1, -0.05) is 30.3 Å². The maximum absolute atomic E-state index is 13.1. The molecule has 6 nitrogen and oxygen atoms in total. The Labute approximate surface area is 193 Å². The summed E-state index contributed by atoms with van der Waals surface area (Å²) in [4.78, 5) is 13.1. The van der Waals surface area contributed by atoms with Crippen molar-refractivity contribution in [3.05, 3.63) is 83.6 Å². The predicted octanol–water partition coefficient (Wildman–Crippen LogP) is 5.24. The Morgan fingerprint density at radius 3 is 2.18 bits per heavy atom. The zero-order valence-corrected chi connectivity index (χ0v) is 19.3. The molecule has 4 rings (SSSR count). The van der Waals surface area contributed by atoms with Gasteiger partial charge in [-0.25, -0.2) is 0 Å². The van der Waals surface area contributed by atoms with Crippen molar-refractivity contribution in [3.8, 4) is 17.2 Å². The van der Waals surface area contributed by atoms with Crippen molar-refractivity contribution in [1.82, 2.24) is 4.57 Å². The Bertz CT molecular complexity index is 1280. The fourth-order valence-electron chi connectivity index (χ4n) is 4.09. The third kappa shape index (κ3) is 4.51. The lowest BCUT2D eigenvalue weighted by Crippen LogP contribution is -2.16. The summed E-state index contributed by atoms with van der Waals surface area (Å²) in [6.45, 7) is 0. The van der Waals surface area contributed by atoms with Crippen molar-refractivity contribution < 1.29 is 19.0 Å². The van der Waals surface area contributed by atoms with Crippen LogP contribution in [0.25, 0.3) is 10.9 Å². The molecule has 1 heterocycles. The molecule has 1 amide bonds. The van der Waals surface area contributed by atoms with Gasteiger partial charge in [0.25, 0.3) is 5.91 Å². The van der Waals surface area contributed by atoms with Crippen molar-refractivity contribution in [2.75, 3.05) is 26.6 Å². The molecule has 0 saturated heterocycles. The molecule has 1 aromatic heterocycles. The fourth-order valence-corrected chi connectivity index (χ4v) is 4.09. The van der Waals surface area contributed by atoms with E-state index in [-0.39, 0.29) is 5.91 Å². The van der Waals surface area contributed by atoms with E-state index in [0.29, 0.717) is 11.4 Å². The molecule has 33 heavy (non-hydrogen) atoms. The summed E-state index contributed by atoms with van der Waals surface area (Å²) in [5.41, 5.74) is 4.54. The number of para-hydroxylation sites is 1. The lowest BCUT2D eigenvalue weighted by atomic mass is 10.0. The van der Waals surface area contributed by atoms with E-state index >= 15 is 0 Å². The van der Waals surface area contributed by atoms with Crippen molar-refractivity contribution in [1.29, 1.82) is 0 Å². The number of nitrogens with zero attached hydrogens (tertiary/aromatic N) is 1. The Balaban J connectivity index is 1.45. The monoisotopic (exact) mass is 444 g/mol. The number of rotatable bonds is 8. The van der Waals surface area contributed by atoms with Gasteiger partial charge < -0.3 is 24.1 Å². The molecule has 6 heteroatoms. The molecule has 170 valence electrons. The van der Waals surface area contributed by atoms with Crippen LogP contribution in [0.15, 0.2) is 66.7 Å². The topological polar surface area (TPSA) is 61.7 Å². The SMILES string of the molecule is COc1ccc(CCc2ccc(NC(=O)c3c(OC)c4ccccc4n3C)cc2)cc1OC. The Kier molecular flexibility index (Phi) is 6.54. The molecule has 0 unspecified atom stereocenters. The van der Waals surface area contributed by atoms with Gasteiger partial charge in [-0.15, -0.1) is 0 Å². The highest BCUT2D eigenvalue weighted by molar-refractivity contribution is 6.10. The highest BCUT2D eigenvalue weighted by Crippen LogP contribution is 2.33. The third-order valence-corrected chi connectivity index (χ3v) is 5.84. The van der Waals surface area contributed by atoms with E-state index < -0.39 is 0 Å². The van der Waals surface area contributed by atoms with Gasteiger partial charge in [0.05, 0.1) is 26.8 Å². The number of aromatic nitrogens is 1. The normalized spacial score (nSPS) is 10.8. The Hall–Kier alpha value is -3.93. The smallest absolute Gasteiger partial charge is 0.276 e. The van der Waals surface area contributed by atoms with Crippen LogP contribution in [0.3, 0.4) is 0 Å². The molecule has 0 bridgehead atoms. The van der Waals surface area contributed by atoms with Crippen molar-refractivity contribution in [3.63, 3.8) is 0 Å². The van der Waals surface area contributed by atoms with E-state index in [1.54, 1.807) is 21.3 Å². The number of amides is 1. The lowest BCUT2D eigenvalue weighted by Gasteiger charge is -2.11. The number of ether oxygens (including phenoxy) is 3. The summed E-state index contributed by atoms with van der Waals surface area (Å²) in [6.07, 6.45) is 1.75. The van der Waals surface area contributed by atoms with Crippen LogP contribution in [0.2, 0.25) is 0 Å². The Morgan fingerprint density at radius 1 is 0.818 bits per heavy atom. The van der Waals surface area contributed by atoms with Gasteiger partial charge >= 0.3 is 0 Å². The predicted molar refractivity (Wildman–Crippen MR) is 131 cm³/mol. The maximum Gasteiger partial charge on any atom is 0.276 e. The van der Waals surface area contributed by atoms with Gasteiger partial charge in [0.1, 0.15) is 0 Å². The number of nitrogens with one attached hydrogen (secondary N) is 1. The summed E-state index contributed by atoms with van der Waals surface area (Å²) in [5.74, 6) is 1.83. The largest absolute Gasteiger partial charge is 0.494 e. The summed E-state index contributed by atoms with van der Waals surface area (Å²) in [7, 11) is 6.74. The van der Waals surface area contributed by atoms with E-state index in [1.807, 2.05) is 78.3 Å². The van der Waals surface area contributed by atoms with Crippen LogP contribution in [-0.4, -0.2) is 31.8 Å². The number of fused-ring (bicyclic) bond motifs is 1. The summed E-state index contributed by atoms with van der Waals surface area (Å²) < 4.78 is 18.1. The molecular weight excluding hydrogens is 416 g/mol. The first kappa shape index (κ1) is 22.3. The van der Waals surface area contributed by atoms with Gasteiger partial charge in [-0.05, 0) is 60.4 Å². The second-order valence-electron chi connectivity index (χ2n) is 7.80. The van der Waals surface area contributed by atoms with Crippen LogP contribution in [0, 0.1) is 0 Å². The highest BCUT2D eigenvalue weighted by Gasteiger charge is 2.21. The van der Waals surface area contributed by atoms with E-state index in [2.05, 4.69) is 5.32 Å². The zero-order chi connectivity index (χ0) is 23.4. The van der Waals surface area contributed by atoms with Gasteiger partial charge in [0, 0.05) is 18.1 Å². The van der Waals surface area contributed by atoms with Crippen LogP contribution >= 0.6 is 0 Å². The molecule has 1 N–H and O–H groups in total. The van der Waals surface area contributed by atoms with Crippen LogP contribution in [0.5, 0.6) is 17.2 Å². The molecule has 0 fully saturated rings. The number of carbonyl (C=O) groups excluding carboxylic acids is 1. The molecule has 0 aliphatic rings. The fraction of sp³-hybridized carbons (Fsp3) is 0.222. The molecular formula is C27H28N2O4. The standard InChI is InChI=1S/C27H28N2O4/c1-29-22-8-6-5-7-21(22)26(33-4)25(29)27(30)28-20-14-11-18(12-15-20)9-10-19-13-16-23(31-2)24(17-19)32-3/h5-8,11-17H,9-10H2,1-4H3,(H,28,30). The first-order chi connectivity index (χ1) is 16.0. The quantitative estimate of drug-likeness (QED) is 0.404. The zero-order valence-electron chi connectivity index (χ0n) is 19.3. The van der Waals surface area contributed by atoms with E-state index in [4.69, 9.17) is 14.2 Å².